The molecular formula is C21H26N2O4. The summed E-state index contributed by atoms with van der Waals surface area (Å²) < 4.78 is 16.0. The number of nitrogens with zero attached hydrogens (tertiary/aromatic N) is 1. The second kappa shape index (κ2) is 9.39. The first-order valence-electron chi connectivity index (χ1n) is 9.09. The fourth-order valence-corrected chi connectivity index (χ4v) is 3.18. The van der Waals surface area contributed by atoms with E-state index in [1.807, 2.05) is 30.3 Å². The number of amides is 1. The fourth-order valence-electron chi connectivity index (χ4n) is 3.18. The molecule has 1 N–H and O–H groups in total. The van der Waals surface area contributed by atoms with Gasteiger partial charge in [0, 0.05) is 25.2 Å². The predicted octanol–water partition coefficient (Wildman–Crippen LogP) is 2.51. The van der Waals surface area contributed by atoms with E-state index >= 15 is 0 Å². The lowest BCUT2D eigenvalue weighted by molar-refractivity contribution is 0.0332. The molecule has 3 rings (SSSR count). The van der Waals surface area contributed by atoms with Crippen molar-refractivity contribution in [2.75, 3.05) is 47.1 Å². The molecule has 1 aliphatic heterocycles. The van der Waals surface area contributed by atoms with Crippen LogP contribution in [0.15, 0.2) is 48.5 Å². The highest BCUT2D eigenvalue weighted by Crippen LogP contribution is 2.28. The number of morpholine rings is 1. The summed E-state index contributed by atoms with van der Waals surface area (Å²) in [5, 5.41) is 3.17. The minimum atomic E-state index is -0.141. The molecule has 1 aliphatic rings. The van der Waals surface area contributed by atoms with Crippen molar-refractivity contribution in [2.24, 2.45) is 0 Å². The second-order valence-corrected chi connectivity index (χ2v) is 6.42. The normalized spacial score (nSPS) is 15.8. The van der Waals surface area contributed by atoms with Gasteiger partial charge >= 0.3 is 0 Å². The molecule has 2 aromatic carbocycles. The van der Waals surface area contributed by atoms with Crippen LogP contribution in [0, 0.1) is 0 Å². The summed E-state index contributed by atoms with van der Waals surface area (Å²) in [6, 6.07) is 15.1. The monoisotopic (exact) mass is 370 g/mol. The molecule has 1 amide bonds. The Morgan fingerprint density at radius 1 is 1.07 bits per heavy atom. The van der Waals surface area contributed by atoms with Crippen molar-refractivity contribution >= 4 is 5.91 Å². The van der Waals surface area contributed by atoms with Crippen LogP contribution >= 0.6 is 0 Å². The number of nitrogens with one attached hydrogen (secondary N) is 1. The zero-order valence-corrected chi connectivity index (χ0v) is 15.8. The molecule has 1 saturated heterocycles. The molecule has 1 atom stereocenters. The second-order valence-electron chi connectivity index (χ2n) is 6.42. The van der Waals surface area contributed by atoms with Gasteiger partial charge in [0.2, 0.25) is 0 Å². The summed E-state index contributed by atoms with van der Waals surface area (Å²) >= 11 is 0. The van der Waals surface area contributed by atoms with Gasteiger partial charge in [-0.05, 0) is 23.8 Å². The number of rotatable bonds is 7. The largest absolute Gasteiger partial charge is 0.493 e. The van der Waals surface area contributed by atoms with E-state index in [0.717, 1.165) is 38.4 Å². The first-order chi connectivity index (χ1) is 13.2. The molecule has 6 heteroatoms. The Balaban J connectivity index is 1.77. The van der Waals surface area contributed by atoms with Gasteiger partial charge in [-0.15, -0.1) is 0 Å². The van der Waals surface area contributed by atoms with E-state index in [4.69, 9.17) is 14.2 Å². The maximum atomic E-state index is 12.9. The van der Waals surface area contributed by atoms with E-state index < -0.39 is 0 Å². The van der Waals surface area contributed by atoms with Crippen LogP contribution in [-0.2, 0) is 4.74 Å². The van der Waals surface area contributed by atoms with Gasteiger partial charge in [-0.25, -0.2) is 0 Å². The molecular weight excluding hydrogens is 344 g/mol. The van der Waals surface area contributed by atoms with Crippen LogP contribution in [0.25, 0.3) is 0 Å². The van der Waals surface area contributed by atoms with Crippen LogP contribution in [0.3, 0.4) is 0 Å². The van der Waals surface area contributed by atoms with Crippen molar-refractivity contribution in [3.63, 3.8) is 0 Å². The lowest BCUT2D eigenvalue weighted by Crippen LogP contribution is -2.43. The maximum Gasteiger partial charge on any atom is 0.251 e. The predicted molar refractivity (Wildman–Crippen MR) is 103 cm³/mol. The van der Waals surface area contributed by atoms with Gasteiger partial charge in [0.05, 0.1) is 33.5 Å². The molecule has 1 heterocycles. The Kier molecular flexibility index (Phi) is 6.68. The lowest BCUT2D eigenvalue weighted by atomic mass is 10.0. The third-order valence-electron chi connectivity index (χ3n) is 4.70. The van der Waals surface area contributed by atoms with E-state index in [1.165, 1.54) is 0 Å². The van der Waals surface area contributed by atoms with E-state index in [9.17, 15) is 4.79 Å². The number of hydrogen-bond donors (Lipinski definition) is 1. The molecule has 27 heavy (non-hydrogen) atoms. The quantitative estimate of drug-likeness (QED) is 0.812. The Hall–Kier alpha value is -2.57. The molecule has 0 unspecified atom stereocenters. The van der Waals surface area contributed by atoms with Crippen molar-refractivity contribution in [1.29, 1.82) is 0 Å². The molecule has 2 aromatic rings. The number of ether oxygens (including phenoxy) is 3. The van der Waals surface area contributed by atoms with Crippen molar-refractivity contribution in [3.05, 3.63) is 59.7 Å². The topological polar surface area (TPSA) is 60.0 Å². The van der Waals surface area contributed by atoms with Crippen LogP contribution in [0.4, 0.5) is 0 Å². The van der Waals surface area contributed by atoms with Gasteiger partial charge in [0.1, 0.15) is 0 Å². The Labute approximate surface area is 160 Å². The molecule has 1 fully saturated rings. The van der Waals surface area contributed by atoms with Crippen molar-refractivity contribution in [1.82, 2.24) is 10.2 Å². The Bertz CT molecular complexity index is 745. The summed E-state index contributed by atoms with van der Waals surface area (Å²) in [5.41, 5.74) is 1.62. The van der Waals surface area contributed by atoms with Gasteiger partial charge in [0.15, 0.2) is 11.5 Å². The third kappa shape index (κ3) is 4.99. The Morgan fingerprint density at radius 3 is 2.44 bits per heavy atom. The van der Waals surface area contributed by atoms with Gasteiger partial charge in [0.25, 0.3) is 5.91 Å². The molecule has 0 aromatic heterocycles. The minimum Gasteiger partial charge on any atom is -0.493 e. The highest BCUT2D eigenvalue weighted by molar-refractivity contribution is 5.95. The zero-order chi connectivity index (χ0) is 19.1. The Morgan fingerprint density at radius 2 is 1.78 bits per heavy atom. The summed E-state index contributed by atoms with van der Waals surface area (Å²) in [5.74, 6) is 0.995. The number of carbonyl (C=O) groups excluding carboxylic acids is 1. The number of carbonyl (C=O) groups is 1. The fraction of sp³-hybridized carbons (Fsp3) is 0.381. The van der Waals surface area contributed by atoms with Crippen LogP contribution in [0.1, 0.15) is 22.0 Å². The van der Waals surface area contributed by atoms with Gasteiger partial charge in [-0.1, -0.05) is 30.3 Å². The van der Waals surface area contributed by atoms with E-state index in [1.54, 1.807) is 32.4 Å². The highest BCUT2D eigenvalue weighted by atomic mass is 16.5. The molecule has 0 bridgehead atoms. The van der Waals surface area contributed by atoms with Crippen LogP contribution in [-0.4, -0.2) is 57.9 Å². The van der Waals surface area contributed by atoms with E-state index in [0.29, 0.717) is 17.1 Å². The van der Waals surface area contributed by atoms with Crippen molar-refractivity contribution in [2.45, 2.75) is 6.04 Å². The van der Waals surface area contributed by atoms with E-state index in [2.05, 4.69) is 10.2 Å². The van der Waals surface area contributed by atoms with Crippen molar-refractivity contribution in [3.8, 4) is 11.5 Å². The van der Waals surface area contributed by atoms with Gasteiger partial charge < -0.3 is 19.5 Å². The minimum absolute atomic E-state index is 0.107. The first-order valence-corrected chi connectivity index (χ1v) is 9.09. The molecule has 0 saturated carbocycles. The van der Waals surface area contributed by atoms with Crippen LogP contribution < -0.4 is 14.8 Å². The zero-order valence-electron chi connectivity index (χ0n) is 15.8. The number of hydrogen-bond acceptors (Lipinski definition) is 5. The highest BCUT2D eigenvalue weighted by Gasteiger charge is 2.21. The van der Waals surface area contributed by atoms with Gasteiger partial charge in [-0.2, -0.15) is 0 Å². The molecule has 0 spiro atoms. The smallest absolute Gasteiger partial charge is 0.251 e. The van der Waals surface area contributed by atoms with Crippen molar-refractivity contribution < 1.29 is 19.0 Å². The summed E-state index contributed by atoms with van der Waals surface area (Å²) in [7, 11) is 3.14. The summed E-state index contributed by atoms with van der Waals surface area (Å²) in [4.78, 5) is 15.2. The van der Waals surface area contributed by atoms with Gasteiger partial charge in [-0.3, -0.25) is 9.69 Å². The third-order valence-corrected chi connectivity index (χ3v) is 4.70. The summed E-state index contributed by atoms with van der Waals surface area (Å²) in [6.07, 6.45) is 0. The number of methoxy groups -OCH3 is 2. The van der Waals surface area contributed by atoms with Crippen LogP contribution in [0.2, 0.25) is 0 Å². The standard InChI is InChI=1S/C21H26N2O4/c1-25-19-9-8-17(14-20(19)26-2)21(24)22-18(16-6-4-3-5-7-16)15-23-10-12-27-13-11-23/h3-9,14,18H,10-13,15H2,1-2H3,(H,22,24)/t18-/m1/s1. The molecule has 0 radical (unpaired) electrons. The average Bonchev–Trinajstić information content (AvgIpc) is 2.74. The maximum absolute atomic E-state index is 12.9. The SMILES string of the molecule is COc1ccc(C(=O)N[C@H](CN2CCOCC2)c2ccccc2)cc1OC. The summed E-state index contributed by atoms with van der Waals surface area (Å²) in [6.45, 7) is 3.94. The lowest BCUT2D eigenvalue weighted by Gasteiger charge is -2.31. The molecule has 0 aliphatic carbocycles. The molecule has 6 nitrogen and oxygen atoms in total. The van der Waals surface area contributed by atoms with E-state index in [-0.39, 0.29) is 11.9 Å². The average molecular weight is 370 g/mol. The van der Waals surface area contributed by atoms with Crippen LogP contribution in [0.5, 0.6) is 11.5 Å². The molecule has 144 valence electrons. The number of benzene rings is 2. The first kappa shape index (κ1) is 19.2.